The molecule has 130 valence electrons. The molecule has 1 saturated carbocycles. The fourth-order valence-electron chi connectivity index (χ4n) is 5.27. The fourth-order valence-corrected chi connectivity index (χ4v) is 5.27. The Morgan fingerprint density at radius 2 is 1.80 bits per heavy atom. The van der Waals surface area contributed by atoms with Crippen LogP contribution < -0.4 is 0 Å². The highest BCUT2D eigenvalue weighted by Crippen LogP contribution is 2.52. The van der Waals surface area contributed by atoms with Gasteiger partial charge in [-0.25, -0.2) is 0 Å². The van der Waals surface area contributed by atoms with Crippen molar-refractivity contribution in [2.75, 3.05) is 13.1 Å². The van der Waals surface area contributed by atoms with Gasteiger partial charge in [0.05, 0.1) is 17.9 Å². The second kappa shape index (κ2) is 5.07. The van der Waals surface area contributed by atoms with E-state index in [0.717, 1.165) is 18.7 Å². The molecule has 6 nitrogen and oxygen atoms in total. The van der Waals surface area contributed by atoms with Crippen LogP contribution in [0.2, 0.25) is 0 Å². The zero-order chi connectivity index (χ0) is 17.3. The molecular formula is C19H21N3O3. The van der Waals surface area contributed by atoms with Gasteiger partial charge in [0.15, 0.2) is 0 Å². The summed E-state index contributed by atoms with van der Waals surface area (Å²) in [6, 6.07) is 3.96. The molecule has 0 aromatic carbocycles. The van der Waals surface area contributed by atoms with Crippen molar-refractivity contribution in [3.63, 3.8) is 0 Å². The van der Waals surface area contributed by atoms with Gasteiger partial charge in [0, 0.05) is 25.0 Å². The monoisotopic (exact) mass is 339 g/mol. The first-order chi connectivity index (χ1) is 12.1. The van der Waals surface area contributed by atoms with Crippen LogP contribution in [0, 0.1) is 23.7 Å². The van der Waals surface area contributed by atoms with Crippen molar-refractivity contribution in [1.29, 1.82) is 0 Å². The maximum absolute atomic E-state index is 12.8. The van der Waals surface area contributed by atoms with E-state index < -0.39 is 0 Å². The third-order valence-corrected chi connectivity index (χ3v) is 6.52. The van der Waals surface area contributed by atoms with Crippen LogP contribution in [0.15, 0.2) is 30.5 Å². The largest absolute Gasteiger partial charge is 0.348 e. The highest BCUT2D eigenvalue weighted by atomic mass is 16.2. The Morgan fingerprint density at radius 3 is 2.48 bits per heavy atom. The number of carbonyl (C=O) groups excluding carboxylic acids is 3. The van der Waals surface area contributed by atoms with E-state index in [1.165, 1.54) is 4.90 Å². The molecule has 0 unspecified atom stereocenters. The van der Waals surface area contributed by atoms with Gasteiger partial charge in [0.25, 0.3) is 0 Å². The molecule has 0 spiro atoms. The van der Waals surface area contributed by atoms with Crippen molar-refractivity contribution >= 4 is 17.7 Å². The minimum absolute atomic E-state index is 0.0404. The first-order valence-corrected chi connectivity index (χ1v) is 9.04. The van der Waals surface area contributed by atoms with Gasteiger partial charge in [-0.05, 0) is 37.3 Å². The molecular weight excluding hydrogens is 318 g/mol. The topological polar surface area (TPSA) is 62.6 Å². The Kier molecular flexibility index (Phi) is 3.03. The Morgan fingerprint density at radius 1 is 1.12 bits per heavy atom. The van der Waals surface area contributed by atoms with Crippen molar-refractivity contribution in [2.45, 2.75) is 25.9 Å². The number of carbonyl (C=O) groups is 3. The van der Waals surface area contributed by atoms with E-state index in [9.17, 15) is 14.4 Å². The maximum Gasteiger partial charge on any atom is 0.243 e. The van der Waals surface area contributed by atoms with Crippen molar-refractivity contribution in [3.05, 3.63) is 36.2 Å². The predicted molar refractivity (Wildman–Crippen MR) is 89.0 cm³/mol. The highest BCUT2D eigenvalue weighted by Gasteiger charge is 2.59. The van der Waals surface area contributed by atoms with E-state index in [-0.39, 0.29) is 54.0 Å². The molecule has 2 aliphatic carbocycles. The summed E-state index contributed by atoms with van der Waals surface area (Å²) in [5, 5.41) is 0. The van der Waals surface area contributed by atoms with Gasteiger partial charge in [0.1, 0.15) is 6.54 Å². The molecule has 2 fully saturated rings. The Bertz CT molecular complexity index is 781. The summed E-state index contributed by atoms with van der Waals surface area (Å²) >= 11 is 0. The van der Waals surface area contributed by atoms with Crippen molar-refractivity contribution < 1.29 is 14.4 Å². The minimum Gasteiger partial charge on any atom is -0.348 e. The van der Waals surface area contributed by atoms with Gasteiger partial charge >= 0.3 is 0 Å². The Balaban J connectivity index is 1.34. The molecule has 5 rings (SSSR count). The number of likely N-dealkylation sites (tertiary alicyclic amines) is 1. The van der Waals surface area contributed by atoms with Crippen LogP contribution in [-0.4, -0.2) is 45.2 Å². The minimum atomic E-state index is -0.230. The molecule has 2 bridgehead atoms. The number of fused-ring (bicyclic) bond motifs is 6. The van der Waals surface area contributed by atoms with E-state index in [1.54, 1.807) is 4.90 Å². The van der Waals surface area contributed by atoms with Crippen molar-refractivity contribution in [1.82, 2.24) is 14.4 Å². The summed E-state index contributed by atoms with van der Waals surface area (Å²) < 4.78 is 2.15. The van der Waals surface area contributed by atoms with Crippen molar-refractivity contribution in [3.8, 4) is 0 Å². The Hall–Kier alpha value is -2.37. The number of imide groups is 1. The van der Waals surface area contributed by atoms with Crippen LogP contribution in [0.4, 0.5) is 0 Å². The van der Waals surface area contributed by atoms with Crippen LogP contribution in [0.3, 0.4) is 0 Å². The summed E-state index contributed by atoms with van der Waals surface area (Å²) in [4.78, 5) is 41.3. The summed E-state index contributed by atoms with van der Waals surface area (Å²) in [6.45, 7) is 3.24. The van der Waals surface area contributed by atoms with Gasteiger partial charge in [0.2, 0.25) is 17.7 Å². The van der Waals surface area contributed by atoms with Gasteiger partial charge in [-0.2, -0.15) is 0 Å². The van der Waals surface area contributed by atoms with Crippen LogP contribution in [0.25, 0.3) is 0 Å². The maximum atomic E-state index is 12.8. The summed E-state index contributed by atoms with van der Waals surface area (Å²) in [5.41, 5.74) is 1.10. The number of hydrogen-bond acceptors (Lipinski definition) is 3. The number of rotatable bonds is 2. The second-order valence-electron chi connectivity index (χ2n) is 7.65. The lowest BCUT2D eigenvalue weighted by Gasteiger charge is -2.35. The average molecular weight is 339 g/mol. The van der Waals surface area contributed by atoms with Gasteiger partial charge in [-0.15, -0.1) is 0 Å². The predicted octanol–water partition coefficient (Wildman–Crippen LogP) is 1.20. The summed E-state index contributed by atoms with van der Waals surface area (Å²) in [7, 11) is 0. The average Bonchev–Trinajstić information content (AvgIpc) is 3.35. The molecule has 5 atom stereocenters. The summed E-state index contributed by atoms with van der Waals surface area (Å²) in [6.07, 6.45) is 7.08. The van der Waals surface area contributed by atoms with E-state index in [1.807, 2.05) is 25.3 Å². The quantitative estimate of drug-likeness (QED) is 0.601. The third-order valence-electron chi connectivity index (χ3n) is 6.52. The lowest BCUT2D eigenvalue weighted by molar-refractivity contribution is -0.148. The molecule has 3 amide bonds. The van der Waals surface area contributed by atoms with Crippen molar-refractivity contribution in [2.24, 2.45) is 23.7 Å². The zero-order valence-electron chi connectivity index (χ0n) is 14.2. The zero-order valence-corrected chi connectivity index (χ0v) is 14.2. The molecule has 1 aromatic rings. The first-order valence-electron chi connectivity index (χ1n) is 9.04. The number of amides is 3. The molecule has 3 heterocycles. The number of allylic oxidation sites excluding steroid dienone is 2. The molecule has 25 heavy (non-hydrogen) atoms. The molecule has 6 heteroatoms. The Labute approximate surface area is 146 Å². The first kappa shape index (κ1) is 14.9. The van der Waals surface area contributed by atoms with Gasteiger partial charge in [-0.1, -0.05) is 12.2 Å². The van der Waals surface area contributed by atoms with Crippen LogP contribution in [0.1, 0.15) is 25.1 Å². The molecule has 2 aliphatic heterocycles. The standard InChI is InChI=1S/C19H21N3O3/c1-11-14-3-2-6-20(14)7-8-21(11)15(23)10-22-18(24)16-12-4-5-13(9-12)17(16)19(22)25/h2-6,11-13,16-17H,7-10H2,1H3/t11-,12-,13-,16-,17+/m0/s1. The van der Waals surface area contributed by atoms with E-state index in [4.69, 9.17) is 0 Å². The number of aromatic nitrogens is 1. The summed E-state index contributed by atoms with van der Waals surface area (Å²) in [5.74, 6) is -0.520. The van der Waals surface area contributed by atoms with Crippen LogP contribution in [-0.2, 0) is 20.9 Å². The van der Waals surface area contributed by atoms with E-state index >= 15 is 0 Å². The highest BCUT2D eigenvalue weighted by molar-refractivity contribution is 6.08. The smallest absolute Gasteiger partial charge is 0.243 e. The normalized spacial score (nSPS) is 35.5. The molecule has 0 radical (unpaired) electrons. The number of nitrogens with zero attached hydrogens (tertiary/aromatic N) is 3. The van der Waals surface area contributed by atoms with Crippen LogP contribution in [0.5, 0.6) is 0 Å². The van der Waals surface area contributed by atoms with E-state index in [0.29, 0.717) is 6.54 Å². The second-order valence-corrected chi connectivity index (χ2v) is 7.65. The SMILES string of the molecule is C[C@H]1c2cccn2CCN1C(=O)CN1C(=O)[C@@H]2[C@H](C1=O)[C@H]1C=C[C@H]2C1. The molecule has 4 aliphatic rings. The van der Waals surface area contributed by atoms with E-state index in [2.05, 4.69) is 16.7 Å². The van der Waals surface area contributed by atoms with Crippen LogP contribution >= 0.6 is 0 Å². The lowest BCUT2D eigenvalue weighted by Crippen LogP contribution is -2.47. The molecule has 1 aromatic heterocycles. The van der Waals surface area contributed by atoms with Gasteiger partial charge in [-0.3, -0.25) is 19.3 Å². The number of hydrogen-bond donors (Lipinski definition) is 0. The van der Waals surface area contributed by atoms with Gasteiger partial charge < -0.3 is 9.47 Å². The fraction of sp³-hybridized carbons (Fsp3) is 0.526. The molecule has 1 saturated heterocycles. The lowest BCUT2D eigenvalue weighted by atomic mass is 9.85. The molecule has 0 N–H and O–H groups in total. The third kappa shape index (κ3) is 1.94.